The summed E-state index contributed by atoms with van der Waals surface area (Å²) in [5.41, 5.74) is 0. The molecule has 0 aliphatic heterocycles. The van der Waals surface area contributed by atoms with Gasteiger partial charge in [-0.15, -0.1) is 0 Å². The Balaban J connectivity index is 0. The van der Waals surface area contributed by atoms with Gasteiger partial charge >= 0.3 is 0 Å². The molecule has 0 aromatic carbocycles. The molecule has 2 nitrogen and oxygen atoms in total. The second-order valence-electron chi connectivity index (χ2n) is 1.48. The Morgan fingerprint density at radius 1 is 0.875 bits per heavy atom. The molecule has 0 fully saturated rings. The predicted molar refractivity (Wildman–Crippen MR) is 36.3 cm³/mol. The summed E-state index contributed by atoms with van der Waals surface area (Å²) < 4.78 is 3.07. The standard InChI is InChI=1S/C6H15O.H2O/c1-4-7(5-2)6-3;/h4-6H2,1-3H3;1H2/q+1;. The fourth-order valence-corrected chi connectivity index (χ4v) is 0.612. The van der Waals surface area contributed by atoms with Gasteiger partial charge in [0.2, 0.25) is 0 Å². The van der Waals surface area contributed by atoms with E-state index in [4.69, 9.17) is 0 Å². The number of hydrogen-bond acceptors (Lipinski definition) is 0. The molecule has 2 N–H and O–H groups in total. The largest absolute Gasteiger partial charge is 0.422 e. The van der Waals surface area contributed by atoms with E-state index < -0.39 is 0 Å². The van der Waals surface area contributed by atoms with E-state index in [0.29, 0.717) is 0 Å². The fraction of sp³-hybridized carbons (Fsp3) is 1.00. The zero-order valence-electron chi connectivity index (χ0n) is 6.03. The van der Waals surface area contributed by atoms with Gasteiger partial charge in [-0.3, -0.25) is 0 Å². The predicted octanol–water partition coefficient (Wildman–Crippen LogP) is 0.774. The number of hydrogen-bond donors (Lipinski definition) is 0. The van der Waals surface area contributed by atoms with Crippen molar-refractivity contribution in [2.75, 3.05) is 19.8 Å². The van der Waals surface area contributed by atoms with Crippen LogP contribution in [-0.2, 0) is 4.37 Å². The zero-order valence-corrected chi connectivity index (χ0v) is 6.03. The molecule has 0 aromatic rings. The molecule has 0 aliphatic carbocycles. The molecular weight excluding hydrogens is 104 g/mol. The molecule has 0 aliphatic rings. The van der Waals surface area contributed by atoms with Gasteiger partial charge in [0.05, 0.1) is 0 Å². The van der Waals surface area contributed by atoms with Crippen LogP contribution in [-0.4, -0.2) is 25.3 Å². The van der Waals surface area contributed by atoms with E-state index in [0.717, 1.165) is 19.8 Å². The maximum Gasteiger partial charge on any atom is 0.142 e. The second-order valence-corrected chi connectivity index (χ2v) is 1.48. The average molecular weight is 121 g/mol. The Kier molecular flexibility index (Phi) is 9.36. The Labute approximate surface area is 51.5 Å². The van der Waals surface area contributed by atoms with Crippen molar-refractivity contribution in [1.29, 1.82) is 0 Å². The second kappa shape index (κ2) is 6.92. The molecule has 8 heavy (non-hydrogen) atoms. The Bertz CT molecular complexity index is 28.0. The van der Waals surface area contributed by atoms with Crippen molar-refractivity contribution in [1.82, 2.24) is 0 Å². The minimum Gasteiger partial charge on any atom is -0.422 e. The van der Waals surface area contributed by atoms with Crippen LogP contribution in [0.25, 0.3) is 0 Å². The summed E-state index contributed by atoms with van der Waals surface area (Å²) in [6.07, 6.45) is 0. The van der Waals surface area contributed by atoms with Gasteiger partial charge in [-0.1, -0.05) is 0 Å². The quantitative estimate of drug-likeness (QED) is 0.494. The lowest BCUT2D eigenvalue weighted by atomic mass is 10.7. The topological polar surface area (TPSA) is 34.2 Å². The highest BCUT2D eigenvalue weighted by atomic mass is 16.7. The summed E-state index contributed by atoms with van der Waals surface area (Å²) in [6, 6.07) is 0. The van der Waals surface area contributed by atoms with Gasteiger partial charge in [-0.2, -0.15) is 0 Å². The fourth-order valence-electron chi connectivity index (χ4n) is 0.612. The van der Waals surface area contributed by atoms with Crippen LogP contribution in [0.5, 0.6) is 0 Å². The molecule has 0 saturated heterocycles. The van der Waals surface area contributed by atoms with Crippen LogP contribution in [0.4, 0.5) is 0 Å². The van der Waals surface area contributed by atoms with Crippen LogP contribution >= 0.6 is 0 Å². The first-order valence-corrected chi connectivity index (χ1v) is 2.99. The van der Waals surface area contributed by atoms with Crippen molar-refractivity contribution < 1.29 is 9.84 Å². The Morgan fingerprint density at radius 3 is 1.12 bits per heavy atom. The van der Waals surface area contributed by atoms with Gasteiger partial charge in [-0.05, 0) is 0 Å². The van der Waals surface area contributed by atoms with Crippen molar-refractivity contribution in [3.63, 3.8) is 0 Å². The van der Waals surface area contributed by atoms with Gasteiger partial charge in [-0.25, -0.2) is 0 Å². The average Bonchev–Trinajstić information content (AvgIpc) is 1.72. The van der Waals surface area contributed by atoms with Crippen LogP contribution in [0, 0.1) is 0 Å². The summed E-state index contributed by atoms with van der Waals surface area (Å²) in [7, 11) is 0. The minimum atomic E-state index is 0. The summed E-state index contributed by atoms with van der Waals surface area (Å²) >= 11 is 0. The first-order valence-electron chi connectivity index (χ1n) is 2.99. The molecule has 0 saturated carbocycles. The highest BCUT2D eigenvalue weighted by Gasteiger charge is 1.94. The van der Waals surface area contributed by atoms with E-state index in [1.165, 1.54) is 0 Å². The van der Waals surface area contributed by atoms with Crippen LogP contribution in [0.1, 0.15) is 20.8 Å². The van der Waals surface area contributed by atoms with Crippen molar-refractivity contribution in [3.8, 4) is 0 Å². The molecule has 0 bridgehead atoms. The molecule has 0 spiro atoms. The van der Waals surface area contributed by atoms with Crippen molar-refractivity contribution in [2.24, 2.45) is 0 Å². The Morgan fingerprint density at radius 2 is 1.12 bits per heavy atom. The molecule has 0 atom stereocenters. The molecule has 0 amide bonds. The van der Waals surface area contributed by atoms with Gasteiger partial charge in [0, 0.05) is 20.8 Å². The van der Waals surface area contributed by atoms with Crippen LogP contribution < -0.4 is 0 Å². The SMILES string of the molecule is CC[O+](CC)CC.O. The third kappa shape index (κ3) is 4.09. The first-order chi connectivity index (χ1) is 3.35. The smallest absolute Gasteiger partial charge is 0.142 e. The van der Waals surface area contributed by atoms with Crippen molar-refractivity contribution in [2.45, 2.75) is 20.8 Å². The zero-order chi connectivity index (χ0) is 5.70. The van der Waals surface area contributed by atoms with Gasteiger partial charge in [0.25, 0.3) is 0 Å². The van der Waals surface area contributed by atoms with E-state index in [-0.39, 0.29) is 5.48 Å². The van der Waals surface area contributed by atoms with Gasteiger partial charge < -0.3 is 9.84 Å². The molecule has 0 rings (SSSR count). The molecule has 0 radical (unpaired) electrons. The monoisotopic (exact) mass is 121 g/mol. The van der Waals surface area contributed by atoms with E-state index in [1.807, 2.05) is 0 Å². The van der Waals surface area contributed by atoms with Crippen LogP contribution in [0.15, 0.2) is 0 Å². The van der Waals surface area contributed by atoms with E-state index in [9.17, 15) is 0 Å². The Hall–Kier alpha value is -0.0800. The lowest BCUT2D eigenvalue weighted by molar-refractivity contribution is -0.119. The van der Waals surface area contributed by atoms with Crippen LogP contribution in [0.2, 0.25) is 0 Å². The number of rotatable bonds is 3. The van der Waals surface area contributed by atoms with E-state index in [1.54, 1.807) is 0 Å². The van der Waals surface area contributed by atoms with E-state index in [2.05, 4.69) is 25.1 Å². The normalized spacial score (nSPS) is 9.00. The highest BCUT2D eigenvalue weighted by molar-refractivity contribution is 4.27. The van der Waals surface area contributed by atoms with E-state index >= 15 is 0 Å². The summed E-state index contributed by atoms with van der Waals surface area (Å²) in [5.74, 6) is 0. The molecule has 52 valence electrons. The summed E-state index contributed by atoms with van der Waals surface area (Å²) in [6.45, 7) is 9.76. The lowest BCUT2D eigenvalue weighted by Crippen LogP contribution is -2.11. The van der Waals surface area contributed by atoms with Crippen LogP contribution in [0.3, 0.4) is 0 Å². The van der Waals surface area contributed by atoms with Crippen molar-refractivity contribution >= 4 is 0 Å². The van der Waals surface area contributed by atoms with Crippen molar-refractivity contribution in [3.05, 3.63) is 0 Å². The third-order valence-electron chi connectivity index (χ3n) is 1.22. The third-order valence-corrected chi connectivity index (χ3v) is 1.22. The maximum absolute atomic E-state index is 3.07. The maximum atomic E-state index is 3.07. The molecule has 0 heterocycles. The summed E-state index contributed by atoms with van der Waals surface area (Å²) in [4.78, 5) is 0. The molecule has 2 heteroatoms. The highest BCUT2D eigenvalue weighted by Crippen LogP contribution is 1.90. The minimum absolute atomic E-state index is 0. The molecule has 0 aromatic heterocycles. The van der Waals surface area contributed by atoms with Gasteiger partial charge in [0.1, 0.15) is 19.8 Å². The lowest BCUT2D eigenvalue weighted by Gasteiger charge is -2.11. The summed E-state index contributed by atoms with van der Waals surface area (Å²) in [5, 5.41) is 0. The van der Waals surface area contributed by atoms with Gasteiger partial charge in [0.15, 0.2) is 0 Å². The first kappa shape index (κ1) is 10.8. The molecule has 0 unspecified atom stereocenters. The molecular formula is C6H17O2+.